The summed E-state index contributed by atoms with van der Waals surface area (Å²) in [5.41, 5.74) is 4.63. The van der Waals surface area contributed by atoms with E-state index in [4.69, 9.17) is 18.7 Å². The predicted molar refractivity (Wildman–Crippen MR) is 194 cm³/mol. The van der Waals surface area contributed by atoms with E-state index in [1.165, 1.54) is 5.57 Å². The average molecular weight is 657 g/mol. The van der Waals surface area contributed by atoms with E-state index < -0.39 is 22.6 Å². The highest BCUT2D eigenvalue weighted by Crippen LogP contribution is 2.52. The van der Waals surface area contributed by atoms with Crippen LogP contribution in [-0.4, -0.2) is 46.5 Å². The second-order valence-corrected chi connectivity index (χ2v) is 23.9. The number of ether oxygens (including phenoxy) is 1. The maximum Gasteiger partial charge on any atom is 0.307 e. The summed E-state index contributed by atoms with van der Waals surface area (Å²) in [6.45, 7) is 21.4. The molecular formula is C38H64O5Si2. The summed E-state index contributed by atoms with van der Waals surface area (Å²) in [5.74, 6) is 0.0606. The van der Waals surface area contributed by atoms with Gasteiger partial charge in [-0.3, -0.25) is 4.79 Å². The molecule has 2 rings (SSSR count). The molecule has 254 valence electrons. The van der Waals surface area contributed by atoms with E-state index in [-0.39, 0.29) is 29.1 Å². The van der Waals surface area contributed by atoms with E-state index in [1.807, 2.05) is 36.4 Å². The zero-order valence-corrected chi connectivity index (χ0v) is 32.0. The molecule has 5 nitrogen and oxygen atoms in total. The molecule has 1 aromatic carbocycles. The fourth-order valence-corrected chi connectivity index (χ4v) is 10.7. The number of benzene rings is 1. The van der Waals surface area contributed by atoms with Gasteiger partial charge in [-0.15, -0.1) is 5.73 Å². The zero-order valence-electron chi connectivity index (χ0n) is 30.0. The Bertz CT molecular complexity index is 1100. The van der Waals surface area contributed by atoms with E-state index in [2.05, 4.69) is 73.4 Å². The van der Waals surface area contributed by atoms with Crippen LogP contribution in [0.15, 0.2) is 59.9 Å². The van der Waals surface area contributed by atoms with Gasteiger partial charge in [0.2, 0.25) is 0 Å². The summed E-state index contributed by atoms with van der Waals surface area (Å²) in [4.78, 5) is 11.0. The first-order valence-electron chi connectivity index (χ1n) is 17.6. The largest absolute Gasteiger partial charge is 0.491 e. The lowest BCUT2D eigenvalue weighted by Gasteiger charge is -2.44. The number of unbranched alkanes of at least 4 members (excludes halogenated alkanes) is 1. The van der Waals surface area contributed by atoms with Gasteiger partial charge in [-0.25, -0.2) is 0 Å². The number of carboxylic acids is 1. The van der Waals surface area contributed by atoms with Crippen LogP contribution in [0.2, 0.25) is 36.3 Å². The molecule has 0 amide bonds. The topological polar surface area (TPSA) is 65.0 Å². The van der Waals surface area contributed by atoms with Crippen LogP contribution in [0.3, 0.4) is 0 Å². The Morgan fingerprint density at radius 3 is 2.31 bits per heavy atom. The van der Waals surface area contributed by atoms with Crippen molar-refractivity contribution in [3.8, 4) is 5.75 Å². The number of hydrogen-bond donors (Lipinski definition) is 1. The molecule has 0 heterocycles. The highest BCUT2D eigenvalue weighted by molar-refractivity contribution is 6.74. The van der Waals surface area contributed by atoms with E-state index in [0.717, 1.165) is 75.2 Å². The molecular weight excluding hydrogens is 593 g/mol. The van der Waals surface area contributed by atoms with Crippen molar-refractivity contribution < 1.29 is 23.5 Å². The van der Waals surface area contributed by atoms with Crippen molar-refractivity contribution in [1.82, 2.24) is 0 Å². The number of carbonyl (C=O) groups is 1. The van der Waals surface area contributed by atoms with E-state index in [9.17, 15) is 4.79 Å². The Labute approximate surface area is 277 Å². The summed E-state index contributed by atoms with van der Waals surface area (Å²) in [5, 5.41) is 9.14. The summed E-state index contributed by atoms with van der Waals surface area (Å²) in [6, 6.07) is 13.5. The first-order chi connectivity index (χ1) is 21.3. The van der Waals surface area contributed by atoms with E-state index in [1.54, 1.807) is 6.08 Å². The second-order valence-electron chi connectivity index (χ2n) is 14.4. The molecule has 0 aliphatic heterocycles. The quantitative estimate of drug-likeness (QED) is 0.0810. The molecule has 0 saturated heterocycles. The standard InChI is InChI=1S/C38H64O5Si2/c1-10-14-29-38(30-21-16-15-20-24-36(39)40)32(26-28-35(38)43-45(11-2,12-3)13-4)25-27-34(42-44(8,9)37(5,6)7)31-41-33-22-18-17-19-23-33/h16-20,22-23,26,34-35H,10-14,21,24-25,27-31H2,1-9H3,(H,39,40)/t15?,34?,35?,38-/m1/s1. The highest BCUT2D eigenvalue weighted by Gasteiger charge is 2.48. The van der Waals surface area contributed by atoms with Crippen LogP contribution in [0, 0.1) is 5.41 Å². The smallest absolute Gasteiger partial charge is 0.307 e. The lowest BCUT2D eigenvalue weighted by atomic mass is 9.70. The van der Waals surface area contributed by atoms with Crippen molar-refractivity contribution in [2.45, 2.75) is 155 Å². The summed E-state index contributed by atoms with van der Waals surface area (Å²) in [7, 11) is -3.85. The van der Waals surface area contributed by atoms with Crippen molar-refractivity contribution in [2.75, 3.05) is 6.61 Å². The minimum absolute atomic E-state index is 0.00470. The Hall–Kier alpha value is -1.90. The third kappa shape index (κ3) is 11.7. The van der Waals surface area contributed by atoms with Gasteiger partial charge >= 0.3 is 5.97 Å². The molecule has 3 atom stereocenters. The maximum atomic E-state index is 11.0. The van der Waals surface area contributed by atoms with Gasteiger partial charge in [0.25, 0.3) is 0 Å². The predicted octanol–water partition coefficient (Wildman–Crippen LogP) is 11.1. The normalized spacial score (nSPS) is 19.5. The van der Waals surface area contributed by atoms with E-state index in [0.29, 0.717) is 6.61 Å². The van der Waals surface area contributed by atoms with Gasteiger partial charge in [-0.05, 0) is 99.1 Å². The van der Waals surface area contributed by atoms with Crippen LogP contribution in [-0.2, 0) is 13.6 Å². The number of carboxylic acid groups (broad SMARTS) is 1. The Balaban J connectivity index is 2.40. The van der Waals surface area contributed by atoms with Crippen molar-refractivity contribution >= 4 is 22.6 Å². The highest BCUT2D eigenvalue weighted by atomic mass is 28.4. The summed E-state index contributed by atoms with van der Waals surface area (Å²) < 4.78 is 20.7. The molecule has 1 aliphatic carbocycles. The fraction of sp³-hybridized carbons (Fsp3) is 0.684. The third-order valence-corrected chi connectivity index (χ3v) is 19.8. The minimum Gasteiger partial charge on any atom is -0.491 e. The van der Waals surface area contributed by atoms with Crippen LogP contribution >= 0.6 is 0 Å². The van der Waals surface area contributed by atoms with Crippen LogP contribution in [0.4, 0.5) is 0 Å². The van der Waals surface area contributed by atoms with Crippen LogP contribution < -0.4 is 4.74 Å². The Morgan fingerprint density at radius 2 is 1.73 bits per heavy atom. The molecule has 0 spiro atoms. The Kier molecular flexibility index (Phi) is 16.1. The number of para-hydroxylation sites is 1. The van der Waals surface area contributed by atoms with Crippen molar-refractivity contribution in [2.24, 2.45) is 5.41 Å². The van der Waals surface area contributed by atoms with Gasteiger partial charge in [0, 0.05) is 5.41 Å². The Morgan fingerprint density at radius 1 is 1.07 bits per heavy atom. The molecule has 0 aromatic heterocycles. The minimum atomic E-state index is -2.02. The fourth-order valence-electron chi connectivity index (χ4n) is 6.39. The van der Waals surface area contributed by atoms with Crippen molar-refractivity contribution in [1.29, 1.82) is 0 Å². The third-order valence-electron chi connectivity index (χ3n) is 10.6. The summed E-state index contributed by atoms with van der Waals surface area (Å²) in [6.07, 6.45) is 14.5. The zero-order chi connectivity index (χ0) is 33.6. The summed E-state index contributed by atoms with van der Waals surface area (Å²) >= 11 is 0. The van der Waals surface area contributed by atoms with Gasteiger partial charge in [-0.1, -0.05) is 91.2 Å². The number of rotatable bonds is 21. The molecule has 0 bridgehead atoms. The van der Waals surface area contributed by atoms with Crippen LogP contribution in [0.1, 0.15) is 106 Å². The molecule has 45 heavy (non-hydrogen) atoms. The second kappa shape index (κ2) is 18.4. The monoisotopic (exact) mass is 656 g/mol. The molecule has 1 N–H and O–H groups in total. The van der Waals surface area contributed by atoms with Crippen molar-refractivity contribution in [3.05, 3.63) is 59.9 Å². The average Bonchev–Trinajstić information content (AvgIpc) is 3.33. The van der Waals surface area contributed by atoms with Gasteiger partial charge < -0.3 is 18.7 Å². The van der Waals surface area contributed by atoms with Gasteiger partial charge in [0.1, 0.15) is 12.4 Å². The molecule has 7 heteroatoms. The number of hydrogen-bond acceptors (Lipinski definition) is 4. The molecule has 0 saturated carbocycles. The first-order valence-corrected chi connectivity index (χ1v) is 23.1. The SMILES string of the molecule is CCCC[C@@]1(CCC=C=CCC(=O)O)C(CCC(COc2ccccc2)O[Si](C)(C)C(C)(C)C)=CCC1O[Si](CC)(CC)CC. The molecule has 0 fully saturated rings. The first kappa shape index (κ1) is 39.3. The van der Waals surface area contributed by atoms with E-state index >= 15 is 0 Å². The number of aliphatic carboxylic acids is 1. The van der Waals surface area contributed by atoms with Crippen molar-refractivity contribution in [3.63, 3.8) is 0 Å². The molecule has 0 radical (unpaired) electrons. The molecule has 1 aromatic rings. The van der Waals surface area contributed by atoms with Gasteiger partial charge in [0.05, 0.1) is 18.6 Å². The molecule has 1 aliphatic rings. The lowest BCUT2D eigenvalue weighted by Crippen LogP contribution is -2.46. The van der Waals surface area contributed by atoms with Crippen LogP contribution in [0.25, 0.3) is 0 Å². The maximum absolute atomic E-state index is 11.0. The van der Waals surface area contributed by atoms with Crippen LogP contribution in [0.5, 0.6) is 5.75 Å². The van der Waals surface area contributed by atoms with Gasteiger partial charge in [-0.2, -0.15) is 0 Å². The lowest BCUT2D eigenvalue weighted by molar-refractivity contribution is -0.136. The van der Waals surface area contributed by atoms with Gasteiger partial charge in [0.15, 0.2) is 16.6 Å². The molecule has 2 unspecified atom stereocenters.